The van der Waals surface area contributed by atoms with Crippen LogP contribution in [0.25, 0.3) is 0 Å². The lowest BCUT2D eigenvalue weighted by atomic mass is 9.96. The number of halogens is 3. The molecule has 3 aromatic rings. The van der Waals surface area contributed by atoms with E-state index >= 15 is 4.57 Å². The maximum atomic E-state index is 15.3. The number of carbonyl (C=O) groups excluding carboxylic acids is 2. The molecule has 18 heteroatoms. The molecule has 1 aliphatic rings. The minimum Gasteiger partial charge on any atom is -0.445 e. The summed E-state index contributed by atoms with van der Waals surface area (Å²) in [5.74, 6) is 0.314. The molecule has 0 aliphatic carbocycles. The first-order valence-electron chi connectivity index (χ1n) is 27.6. The van der Waals surface area contributed by atoms with Crippen molar-refractivity contribution in [3.05, 3.63) is 109 Å². The van der Waals surface area contributed by atoms with E-state index in [4.69, 9.17) is 81.5 Å². The Morgan fingerprint density at radius 1 is 0.658 bits per heavy atom. The van der Waals surface area contributed by atoms with E-state index in [0.717, 1.165) is 44.1 Å². The van der Waals surface area contributed by atoms with Crippen LogP contribution in [0.4, 0.5) is 9.59 Å². The van der Waals surface area contributed by atoms with Crippen LogP contribution in [-0.4, -0.2) is 85.8 Å². The number of alkyl carbamates (subject to hydrolysis) is 1. The number of nitrogens with one attached hydrogen (secondary N) is 1. The van der Waals surface area contributed by atoms with E-state index in [1.807, 2.05) is 18.2 Å². The van der Waals surface area contributed by atoms with Crippen molar-refractivity contribution in [1.29, 1.82) is 0 Å². The van der Waals surface area contributed by atoms with E-state index < -0.39 is 67.7 Å². The number of rotatable bonds is 41. The van der Waals surface area contributed by atoms with Crippen LogP contribution in [0.3, 0.4) is 0 Å². The molecule has 0 aromatic heterocycles. The molecule has 1 aliphatic heterocycles. The molecular weight excluding hydrogens is 1060 g/mol. The Bertz CT molecular complexity index is 1980. The van der Waals surface area contributed by atoms with Crippen molar-refractivity contribution in [2.45, 2.75) is 196 Å². The lowest BCUT2D eigenvalue weighted by molar-refractivity contribution is -0.271. The molecule has 1 saturated heterocycles. The monoisotopic (exact) mass is 1140 g/mol. The zero-order valence-corrected chi connectivity index (χ0v) is 48.1. The Morgan fingerprint density at radius 2 is 1.18 bits per heavy atom. The van der Waals surface area contributed by atoms with Crippen LogP contribution >= 0.6 is 42.6 Å². The van der Waals surface area contributed by atoms with Crippen molar-refractivity contribution >= 4 is 54.9 Å². The molecule has 1 amide bonds. The molecular formula is C58H85Cl3NO13P. The van der Waals surface area contributed by atoms with Gasteiger partial charge in [-0.05, 0) is 49.1 Å². The van der Waals surface area contributed by atoms with Crippen LogP contribution in [0.1, 0.15) is 154 Å². The molecule has 0 bridgehead atoms. The molecule has 0 unspecified atom stereocenters. The average molecular weight is 1140 g/mol. The summed E-state index contributed by atoms with van der Waals surface area (Å²) < 4.78 is 74.7. The predicted octanol–water partition coefficient (Wildman–Crippen LogP) is 16.4. The van der Waals surface area contributed by atoms with Gasteiger partial charge in [0.1, 0.15) is 55.7 Å². The summed E-state index contributed by atoms with van der Waals surface area (Å²) >= 11 is 18.0. The van der Waals surface area contributed by atoms with E-state index in [1.165, 1.54) is 96.0 Å². The first kappa shape index (κ1) is 65.0. The summed E-state index contributed by atoms with van der Waals surface area (Å²) in [5.41, 5.74) is 0.733. The number of hydrogen-bond donors (Lipinski definition) is 1. The normalized spacial score (nSPS) is 18.1. The number of phosphoric ester groups is 1. The van der Waals surface area contributed by atoms with Gasteiger partial charge in [0.25, 0.3) is 0 Å². The molecule has 0 radical (unpaired) electrons. The summed E-state index contributed by atoms with van der Waals surface area (Å²) in [6, 6.07) is 24.5. The zero-order chi connectivity index (χ0) is 54.5. The molecule has 4 rings (SSSR count). The molecule has 6 atom stereocenters. The number of amides is 1. The third-order valence-corrected chi connectivity index (χ3v) is 14.3. The van der Waals surface area contributed by atoms with E-state index in [2.05, 4.69) is 25.7 Å². The third kappa shape index (κ3) is 28.4. The molecule has 0 spiro atoms. The maximum Gasteiger partial charge on any atom is 0.588 e. The Kier molecular flexibility index (Phi) is 33.3. The van der Waals surface area contributed by atoms with Gasteiger partial charge in [-0.25, -0.2) is 14.2 Å². The molecule has 76 heavy (non-hydrogen) atoms. The Balaban J connectivity index is 1.65. The van der Waals surface area contributed by atoms with Crippen LogP contribution in [0, 0.1) is 0 Å². The van der Waals surface area contributed by atoms with Gasteiger partial charge in [0, 0.05) is 13.2 Å². The van der Waals surface area contributed by atoms with E-state index in [9.17, 15) is 9.59 Å². The second-order valence-electron chi connectivity index (χ2n) is 19.1. The molecule has 426 valence electrons. The number of phosphoric acid groups is 1. The first-order chi connectivity index (χ1) is 36.9. The van der Waals surface area contributed by atoms with Crippen LogP contribution in [0.5, 0.6) is 11.5 Å². The lowest BCUT2D eigenvalue weighted by Gasteiger charge is -2.45. The van der Waals surface area contributed by atoms with Gasteiger partial charge in [0.2, 0.25) is 3.79 Å². The highest BCUT2D eigenvalue weighted by Crippen LogP contribution is 2.52. The highest BCUT2D eigenvalue weighted by Gasteiger charge is 2.53. The Morgan fingerprint density at radius 3 is 1.72 bits per heavy atom. The van der Waals surface area contributed by atoms with Crippen molar-refractivity contribution in [2.24, 2.45) is 0 Å². The smallest absolute Gasteiger partial charge is 0.445 e. The van der Waals surface area contributed by atoms with Crippen molar-refractivity contribution in [3.63, 3.8) is 0 Å². The van der Waals surface area contributed by atoms with E-state index in [-0.39, 0.29) is 37.4 Å². The largest absolute Gasteiger partial charge is 0.588 e. The highest BCUT2D eigenvalue weighted by atomic mass is 35.6. The summed E-state index contributed by atoms with van der Waals surface area (Å²) in [5, 5.41) is 2.76. The van der Waals surface area contributed by atoms with Gasteiger partial charge < -0.3 is 47.5 Å². The van der Waals surface area contributed by atoms with E-state index in [0.29, 0.717) is 13.0 Å². The second-order valence-corrected chi connectivity index (χ2v) is 23.1. The summed E-state index contributed by atoms with van der Waals surface area (Å²) in [6.07, 6.45) is 18.0. The SMILES string of the molecule is C=CCO[C@H]1O[C@H](COC(=O)OCc2ccccc2)[C@@H](OP(=O)(Oc2ccccc2)Oc2ccccc2)[C@H](OCC[C@H](CCCCCCCCCCC)OCCCCCCCCCCCC)[C@@H]1NC(=O)OCC(Cl)(Cl)Cl. The van der Waals surface area contributed by atoms with Crippen molar-refractivity contribution in [2.75, 3.05) is 33.0 Å². The summed E-state index contributed by atoms with van der Waals surface area (Å²) in [6.45, 7) is 7.68. The molecule has 3 aromatic carbocycles. The fourth-order valence-electron chi connectivity index (χ4n) is 8.66. The number of hydrogen-bond acceptors (Lipinski definition) is 13. The number of alkyl halides is 3. The maximum absolute atomic E-state index is 15.3. The van der Waals surface area contributed by atoms with Crippen LogP contribution in [0.15, 0.2) is 104 Å². The third-order valence-electron chi connectivity index (χ3n) is 12.6. The van der Waals surface area contributed by atoms with Gasteiger partial charge in [-0.15, -0.1) is 6.58 Å². The summed E-state index contributed by atoms with van der Waals surface area (Å²) in [7, 11) is -4.77. The fraction of sp³-hybridized carbons (Fsp3) is 0.621. The average Bonchev–Trinajstić information content (AvgIpc) is 3.41. The minimum atomic E-state index is -4.77. The quantitative estimate of drug-likeness (QED) is 0.0188. The predicted molar refractivity (Wildman–Crippen MR) is 300 cm³/mol. The van der Waals surface area contributed by atoms with Gasteiger partial charge >= 0.3 is 20.1 Å². The fourth-order valence-corrected chi connectivity index (χ4v) is 10.3. The minimum absolute atomic E-state index is 0.0582. The van der Waals surface area contributed by atoms with Gasteiger partial charge in [0.05, 0.1) is 12.7 Å². The number of ether oxygens (including phenoxy) is 7. The topological polar surface area (TPSA) is 156 Å². The van der Waals surface area contributed by atoms with E-state index in [1.54, 1.807) is 72.8 Å². The van der Waals surface area contributed by atoms with Crippen molar-refractivity contribution < 1.29 is 60.9 Å². The second kappa shape index (κ2) is 38.9. The van der Waals surface area contributed by atoms with Crippen molar-refractivity contribution in [3.8, 4) is 11.5 Å². The number of benzene rings is 3. The van der Waals surface area contributed by atoms with Crippen LogP contribution in [0.2, 0.25) is 0 Å². The molecule has 1 fully saturated rings. The standard InChI is InChI=1S/C58H85Cl3NO13P/c1-4-7-9-11-13-15-17-19-21-32-42-66-48(35-27-20-18-16-14-12-10-8-5-2)40-43-67-54-52(62-56(63)71-46-58(59,60)61)55(68-41-6-3)72-51(45-70-57(64)69-44-47-33-25-22-26-34-47)53(54)75-76(65,73-49-36-28-23-29-37-49)74-50-38-30-24-31-39-50/h6,22-26,28-31,33-34,36-39,48,51-55H,3-5,7-21,27,32,35,40-46H2,1-2H3,(H,62,63)/t48-,51+,52-,53+,54+,55-/m0/s1. The highest BCUT2D eigenvalue weighted by molar-refractivity contribution is 7.49. The molecule has 1 N–H and O–H groups in total. The van der Waals surface area contributed by atoms with Gasteiger partial charge in [-0.3, -0.25) is 4.52 Å². The van der Waals surface area contributed by atoms with Gasteiger partial charge in [0.15, 0.2) is 6.29 Å². The van der Waals surface area contributed by atoms with Crippen LogP contribution < -0.4 is 14.4 Å². The Hall–Kier alpha value is -3.56. The number of para-hydroxylation sites is 2. The van der Waals surface area contributed by atoms with Gasteiger partial charge in [-0.2, -0.15) is 0 Å². The van der Waals surface area contributed by atoms with Crippen molar-refractivity contribution in [1.82, 2.24) is 5.32 Å². The molecule has 0 saturated carbocycles. The van der Waals surface area contributed by atoms with Crippen LogP contribution in [-0.2, 0) is 48.9 Å². The Labute approximate surface area is 468 Å². The number of carbonyl (C=O) groups is 2. The lowest BCUT2D eigenvalue weighted by Crippen LogP contribution is -2.66. The van der Waals surface area contributed by atoms with Gasteiger partial charge in [-0.1, -0.05) is 237 Å². The first-order valence-corrected chi connectivity index (χ1v) is 30.2. The number of unbranched alkanes of at least 4 members (excludes halogenated alkanes) is 17. The molecule has 1 heterocycles. The molecule has 14 nitrogen and oxygen atoms in total. The zero-order valence-electron chi connectivity index (χ0n) is 44.9. The summed E-state index contributed by atoms with van der Waals surface area (Å²) in [4.78, 5) is 26.9.